The van der Waals surface area contributed by atoms with E-state index in [4.69, 9.17) is 16.3 Å². The number of amides is 1. The number of aromatic nitrogens is 1. The molecule has 1 fully saturated rings. The maximum absolute atomic E-state index is 12.8. The average Bonchev–Trinajstić information content (AvgIpc) is 3.19. The molecule has 1 amide bonds. The summed E-state index contributed by atoms with van der Waals surface area (Å²) in [6.07, 6.45) is 0.445. The van der Waals surface area contributed by atoms with Gasteiger partial charge in [0.2, 0.25) is 0 Å². The summed E-state index contributed by atoms with van der Waals surface area (Å²) in [5.74, 6) is -0.208. The van der Waals surface area contributed by atoms with E-state index in [1.54, 1.807) is 0 Å². The second-order valence-electron chi connectivity index (χ2n) is 7.24. The fourth-order valence-electron chi connectivity index (χ4n) is 3.65. The highest BCUT2D eigenvalue weighted by molar-refractivity contribution is 7.22. The lowest BCUT2D eigenvalue weighted by molar-refractivity contribution is -0.0707. The lowest BCUT2D eigenvalue weighted by Gasteiger charge is -2.34. The molecule has 1 N–H and O–H groups in total. The van der Waals surface area contributed by atoms with Gasteiger partial charge in [0.25, 0.3) is 5.91 Å². The number of carbonyl (C=O) groups is 1. The number of aryl methyl sites for hydroxylation is 1. The number of halogens is 1. The number of thiophene rings is 1. The monoisotopic (exact) mass is 435 g/mol. The van der Waals surface area contributed by atoms with Gasteiger partial charge in [-0.3, -0.25) is 15.0 Å². The number of rotatable bonds is 4. The van der Waals surface area contributed by atoms with Crippen molar-refractivity contribution in [2.45, 2.75) is 39.5 Å². The van der Waals surface area contributed by atoms with Crippen LogP contribution < -0.4 is 5.32 Å². The van der Waals surface area contributed by atoms with Crippen LogP contribution in [0.5, 0.6) is 0 Å². The van der Waals surface area contributed by atoms with Crippen LogP contribution in [0, 0.1) is 6.92 Å². The zero-order valence-electron chi connectivity index (χ0n) is 16.0. The number of carbonyl (C=O) groups excluding carboxylic acids is 1. The second-order valence-corrected chi connectivity index (χ2v) is 9.53. The lowest BCUT2D eigenvalue weighted by atomic mass is 10.1. The first kappa shape index (κ1) is 19.8. The highest BCUT2D eigenvalue weighted by Gasteiger charge is 2.23. The van der Waals surface area contributed by atoms with Gasteiger partial charge in [-0.25, -0.2) is 4.98 Å². The van der Waals surface area contributed by atoms with Crippen molar-refractivity contribution < 1.29 is 9.53 Å². The molecule has 0 saturated carbocycles. The SMILES string of the molecule is Cc1cccc2sc(C(=O)Nc3nc(CN4C[C@H](C)O[C@@H](C)C4)cs3)c(Cl)c12. The Morgan fingerprint density at radius 3 is 2.82 bits per heavy atom. The third kappa shape index (κ3) is 4.09. The van der Waals surface area contributed by atoms with Crippen LogP contribution in [0.3, 0.4) is 0 Å². The third-order valence-corrected chi connectivity index (χ3v) is 7.18. The summed E-state index contributed by atoms with van der Waals surface area (Å²) >= 11 is 9.35. The summed E-state index contributed by atoms with van der Waals surface area (Å²) in [5.41, 5.74) is 2.03. The Bertz CT molecular complexity index is 1010. The topological polar surface area (TPSA) is 54.5 Å². The molecule has 5 nitrogen and oxygen atoms in total. The fraction of sp³-hybridized carbons (Fsp3) is 0.400. The van der Waals surface area contributed by atoms with Crippen molar-refractivity contribution in [2.75, 3.05) is 18.4 Å². The molecule has 0 radical (unpaired) electrons. The molecular weight excluding hydrogens is 414 g/mol. The van der Waals surface area contributed by atoms with Crippen molar-refractivity contribution in [1.29, 1.82) is 0 Å². The second kappa shape index (κ2) is 8.08. The Labute approximate surface area is 177 Å². The maximum Gasteiger partial charge on any atom is 0.269 e. The maximum atomic E-state index is 12.8. The summed E-state index contributed by atoms with van der Waals surface area (Å²) in [4.78, 5) is 20.2. The minimum Gasteiger partial charge on any atom is -0.373 e. The number of fused-ring (bicyclic) bond motifs is 1. The minimum atomic E-state index is -0.208. The Balaban J connectivity index is 1.46. The van der Waals surface area contributed by atoms with Crippen LogP contribution >= 0.6 is 34.3 Å². The predicted octanol–water partition coefficient (Wildman–Crippen LogP) is 5.18. The molecule has 2 atom stereocenters. The van der Waals surface area contributed by atoms with Crippen LogP contribution in [-0.2, 0) is 11.3 Å². The van der Waals surface area contributed by atoms with Gasteiger partial charge < -0.3 is 4.74 Å². The number of benzene rings is 1. The number of anilines is 1. The number of nitrogens with zero attached hydrogens (tertiary/aromatic N) is 2. The standard InChI is InChI=1S/C20H22ClN3O2S2/c1-11-5-4-6-15-16(11)17(21)18(28-15)19(25)23-20-22-14(10-27-20)9-24-7-12(2)26-13(3)8-24/h4-6,10,12-13H,7-9H2,1-3H3,(H,22,23,25)/t12-,13-/m0/s1. The number of nitrogens with one attached hydrogen (secondary N) is 1. The lowest BCUT2D eigenvalue weighted by Crippen LogP contribution is -2.44. The zero-order valence-corrected chi connectivity index (χ0v) is 18.4. The van der Waals surface area contributed by atoms with Gasteiger partial charge in [0.15, 0.2) is 5.13 Å². The fourth-order valence-corrected chi connectivity index (χ4v) is 5.93. The van der Waals surface area contributed by atoms with Gasteiger partial charge in [-0.1, -0.05) is 23.7 Å². The number of hydrogen-bond donors (Lipinski definition) is 1. The van der Waals surface area contributed by atoms with E-state index >= 15 is 0 Å². The van der Waals surface area contributed by atoms with Crippen molar-refractivity contribution in [1.82, 2.24) is 9.88 Å². The van der Waals surface area contributed by atoms with Gasteiger partial charge in [-0.2, -0.15) is 0 Å². The molecule has 0 aliphatic carbocycles. The number of ether oxygens (including phenoxy) is 1. The predicted molar refractivity (Wildman–Crippen MR) is 117 cm³/mol. The van der Waals surface area contributed by atoms with Crippen molar-refractivity contribution in [3.8, 4) is 0 Å². The number of morpholine rings is 1. The van der Waals surface area contributed by atoms with Crippen molar-refractivity contribution in [3.63, 3.8) is 0 Å². The zero-order chi connectivity index (χ0) is 19.8. The molecule has 0 unspecified atom stereocenters. The Kier molecular flexibility index (Phi) is 5.71. The highest BCUT2D eigenvalue weighted by Crippen LogP contribution is 2.37. The minimum absolute atomic E-state index is 0.208. The van der Waals surface area contributed by atoms with E-state index in [1.165, 1.54) is 22.7 Å². The molecule has 28 heavy (non-hydrogen) atoms. The molecule has 1 aromatic carbocycles. The van der Waals surface area contributed by atoms with Gasteiger partial charge in [-0.05, 0) is 32.4 Å². The number of hydrogen-bond acceptors (Lipinski definition) is 6. The van der Waals surface area contributed by atoms with Gasteiger partial charge in [0.05, 0.1) is 22.9 Å². The molecule has 0 bridgehead atoms. The van der Waals surface area contributed by atoms with Crippen LogP contribution in [0.2, 0.25) is 5.02 Å². The normalized spacial score (nSPS) is 20.6. The summed E-state index contributed by atoms with van der Waals surface area (Å²) < 4.78 is 6.80. The van der Waals surface area contributed by atoms with Crippen molar-refractivity contribution in [2.24, 2.45) is 0 Å². The van der Waals surface area contributed by atoms with E-state index < -0.39 is 0 Å². The molecule has 1 aliphatic heterocycles. The van der Waals surface area contributed by atoms with Crippen LogP contribution in [0.25, 0.3) is 10.1 Å². The molecule has 4 rings (SSSR count). The summed E-state index contributed by atoms with van der Waals surface area (Å²) in [6.45, 7) is 8.72. The molecule has 0 spiro atoms. The average molecular weight is 436 g/mol. The van der Waals surface area contributed by atoms with Crippen molar-refractivity contribution in [3.05, 3.63) is 44.7 Å². The van der Waals surface area contributed by atoms with E-state index in [2.05, 4.69) is 29.0 Å². The molecule has 1 saturated heterocycles. The first-order chi connectivity index (χ1) is 13.4. The van der Waals surface area contributed by atoms with Gasteiger partial charge in [-0.15, -0.1) is 22.7 Å². The molecule has 3 aromatic rings. The first-order valence-electron chi connectivity index (χ1n) is 9.22. The third-order valence-electron chi connectivity index (χ3n) is 4.72. The van der Waals surface area contributed by atoms with E-state index in [-0.39, 0.29) is 18.1 Å². The summed E-state index contributed by atoms with van der Waals surface area (Å²) in [5, 5.41) is 6.97. The smallest absolute Gasteiger partial charge is 0.269 e. The van der Waals surface area contributed by atoms with Crippen LogP contribution in [-0.4, -0.2) is 41.1 Å². The number of thiazole rings is 1. The molecule has 1 aliphatic rings. The van der Waals surface area contributed by atoms with E-state index in [9.17, 15) is 4.79 Å². The Hall–Kier alpha value is -1.51. The quantitative estimate of drug-likeness (QED) is 0.613. The summed E-state index contributed by atoms with van der Waals surface area (Å²) in [6, 6.07) is 5.97. The highest BCUT2D eigenvalue weighted by atomic mass is 35.5. The van der Waals surface area contributed by atoms with Crippen LogP contribution in [0.4, 0.5) is 5.13 Å². The van der Waals surface area contributed by atoms with Gasteiger partial charge >= 0.3 is 0 Å². The van der Waals surface area contributed by atoms with Crippen LogP contribution in [0.15, 0.2) is 23.6 Å². The molecular formula is C20H22ClN3O2S2. The van der Waals surface area contributed by atoms with E-state index in [0.717, 1.165) is 41.0 Å². The van der Waals surface area contributed by atoms with Crippen molar-refractivity contribution >= 4 is 55.4 Å². The molecule has 3 heterocycles. The largest absolute Gasteiger partial charge is 0.373 e. The van der Waals surface area contributed by atoms with Gasteiger partial charge in [0.1, 0.15) is 4.88 Å². The Morgan fingerprint density at radius 1 is 1.36 bits per heavy atom. The first-order valence-corrected chi connectivity index (χ1v) is 11.3. The van der Waals surface area contributed by atoms with Crippen LogP contribution in [0.1, 0.15) is 34.8 Å². The molecule has 8 heteroatoms. The Morgan fingerprint density at radius 2 is 2.11 bits per heavy atom. The molecule has 148 valence electrons. The summed E-state index contributed by atoms with van der Waals surface area (Å²) in [7, 11) is 0. The van der Waals surface area contributed by atoms with E-state index in [1.807, 2.05) is 30.5 Å². The van der Waals surface area contributed by atoms with Gasteiger partial charge in [0, 0.05) is 35.1 Å². The van der Waals surface area contributed by atoms with E-state index in [0.29, 0.717) is 15.0 Å². The molecule has 2 aromatic heterocycles.